The van der Waals surface area contributed by atoms with E-state index in [1.54, 1.807) is 30.8 Å². The van der Waals surface area contributed by atoms with E-state index in [4.69, 9.17) is 5.73 Å². The number of nitrogens with two attached hydrogens (primary N) is 1. The minimum Gasteiger partial charge on any atom is -0.368 e. The first-order valence-electron chi connectivity index (χ1n) is 7.67. The molecule has 0 radical (unpaired) electrons. The van der Waals surface area contributed by atoms with E-state index in [1.165, 1.54) is 12.1 Å². The van der Waals surface area contributed by atoms with Crippen LogP contribution in [0, 0.1) is 5.82 Å². The molecule has 5 nitrogen and oxygen atoms in total. The molecular weight excluding hydrogens is 317 g/mol. The normalized spacial score (nSPS) is 17.0. The molecule has 0 aliphatic carbocycles. The molecule has 1 heterocycles. The van der Waals surface area contributed by atoms with Crippen LogP contribution < -0.4 is 5.73 Å². The van der Waals surface area contributed by atoms with E-state index >= 15 is 0 Å². The maximum Gasteiger partial charge on any atom is 0.234 e. The number of primary amides is 1. The molecule has 2 rings (SSSR count). The summed E-state index contributed by atoms with van der Waals surface area (Å²) in [5.41, 5.74) is 5.30. The van der Waals surface area contributed by atoms with Crippen LogP contribution in [-0.4, -0.2) is 59.6 Å². The molecule has 0 saturated carbocycles. The lowest BCUT2D eigenvalue weighted by Crippen LogP contribution is -2.54. The van der Waals surface area contributed by atoms with Crippen LogP contribution in [0.4, 0.5) is 4.39 Å². The fourth-order valence-corrected chi connectivity index (χ4v) is 3.32. The molecule has 126 valence electrons. The molecule has 23 heavy (non-hydrogen) atoms. The summed E-state index contributed by atoms with van der Waals surface area (Å²) in [4.78, 5) is 28.2. The molecule has 1 atom stereocenters. The van der Waals surface area contributed by atoms with Crippen LogP contribution in [0.1, 0.15) is 13.3 Å². The quantitative estimate of drug-likeness (QED) is 0.794. The lowest BCUT2D eigenvalue weighted by molar-refractivity contribution is -0.133. The molecule has 1 aliphatic rings. The van der Waals surface area contributed by atoms with Crippen LogP contribution in [0.5, 0.6) is 0 Å². The predicted molar refractivity (Wildman–Crippen MR) is 88.6 cm³/mol. The van der Waals surface area contributed by atoms with Crippen molar-refractivity contribution in [2.75, 3.05) is 31.9 Å². The Morgan fingerprint density at radius 3 is 2.39 bits per heavy atom. The highest BCUT2D eigenvalue weighted by atomic mass is 32.2. The maximum absolute atomic E-state index is 12.8. The summed E-state index contributed by atoms with van der Waals surface area (Å²) in [6.45, 7) is 4.37. The van der Waals surface area contributed by atoms with Crippen LogP contribution in [0.2, 0.25) is 0 Å². The number of hydrogen-bond acceptors (Lipinski definition) is 4. The zero-order chi connectivity index (χ0) is 16.8. The lowest BCUT2D eigenvalue weighted by Gasteiger charge is -2.37. The summed E-state index contributed by atoms with van der Waals surface area (Å²) in [5.74, 6) is 0.197. The van der Waals surface area contributed by atoms with Crippen molar-refractivity contribution in [3.63, 3.8) is 0 Å². The van der Waals surface area contributed by atoms with Crippen molar-refractivity contribution in [2.45, 2.75) is 24.3 Å². The number of benzene rings is 1. The molecule has 0 spiro atoms. The average molecular weight is 339 g/mol. The average Bonchev–Trinajstić information content (AvgIpc) is 2.56. The highest BCUT2D eigenvalue weighted by Crippen LogP contribution is 2.19. The van der Waals surface area contributed by atoms with Gasteiger partial charge < -0.3 is 10.6 Å². The minimum atomic E-state index is -0.333. The fourth-order valence-electron chi connectivity index (χ4n) is 2.48. The first-order chi connectivity index (χ1) is 11.0. The van der Waals surface area contributed by atoms with Gasteiger partial charge in [-0.2, -0.15) is 0 Å². The van der Waals surface area contributed by atoms with Crippen LogP contribution >= 0.6 is 11.8 Å². The second-order valence-corrected chi connectivity index (χ2v) is 6.72. The molecule has 2 amide bonds. The summed E-state index contributed by atoms with van der Waals surface area (Å²) in [7, 11) is 0. The maximum atomic E-state index is 12.8. The minimum absolute atomic E-state index is 0.117. The van der Waals surface area contributed by atoms with Crippen molar-refractivity contribution in [1.29, 1.82) is 0 Å². The van der Waals surface area contributed by atoms with E-state index in [1.807, 2.05) is 9.80 Å². The smallest absolute Gasteiger partial charge is 0.234 e. The second-order valence-electron chi connectivity index (χ2n) is 5.55. The number of nitrogens with zero attached hydrogens (tertiary/aromatic N) is 2. The number of carbonyl (C=O) groups excluding carboxylic acids is 2. The van der Waals surface area contributed by atoms with Crippen molar-refractivity contribution in [3.05, 3.63) is 30.1 Å². The largest absolute Gasteiger partial charge is 0.368 e. The molecule has 0 bridgehead atoms. The van der Waals surface area contributed by atoms with Gasteiger partial charge in [-0.1, -0.05) is 0 Å². The van der Waals surface area contributed by atoms with Gasteiger partial charge in [-0.25, -0.2) is 4.39 Å². The van der Waals surface area contributed by atoms with Crippen molar-refractivity contribution < 1.29 is 14.0 Å². The lowest BCUT2D eigenvalue weighted by atomic mass is 10.2. The molecule has 1 unspecified atom stereocenters. The predicted octanol–water partition coefficient (Wildman–Crippen LogP) is 1.33. The van der Waals surface area contributed by atoms with Crippen molar-refractivity contribution in [2.24, 2.45) is 5.73 Å². The number of hydrogen-bond donors (Lipinski definition) is 1. The Balaban J connectivity index is 1.71. The third-order valence-electron chi connectivity index (χ3n) is 4.02. The van der Waals surface area contributed by atoms with Crippen LogP contribution in [0.25, 0.3) is 0 Å². The molecule has 1 fully saturated rings. The standard InChI is InChI=1S/C16H22FN3O2S/c1-12(16(18)22)19-7-9-20(10-8-19)15(21)6-11-23-14-4-2-13(17)3-5-14/h2-5,12H,6-11H2,1H3,(H2,18,22). The van der Waals surface area contributed by atoms with E-state index < -0.39 is 0 Å². The monoisotopic (exact) mass is 339 g/mol. The highest BCUT2D eigenvalue weighted by molar-refractivity contribution is 7.99. The first-order valence-corrected chi connectivity index (χ1v) is 8.65. The Hall–Kier alpha value is -1.60. The Morgan fingerprint density at radius 1 is 1.22 bits per heavy atom. The third kappa shape index (κ3) is 5.21. The van der Waals surface area contributed by atoms with E-state index in [0.29, 0.717) is 38.4 Å². The van der Waals surface area contributed by atoms with Gasteiger partial charge in [-0.3, -0.25) is 14.5 Å². The van der Waals surface area contributed by atoms with E-state index in [0.717, 1.165) is 4.90 Å². The van der Waals surface area contributed by atoms with Gasteiger partial charge in [0.25, 0.3) is 0 Å². The Kier molecular flexibility index (Phi) is 6.41. The third-order valence-corrected chi connectivity index (χ3v) is 5.04. The van der Waals surface area contributed by atoms with Crippen LogP contribution in [0.15, 0.2) is 29.2 Å². The second kappa shape index (κ2) is 8.31. The molecule has 2 N–H and O–H groups in total. The number of thioether (sulfide) groups is 1. The molecule has 0 aromatic heterocycles. The zero-order valence-corrected chi connectivity index (χ0v) is 14.0. The number of carbonyl (C=O) groups is 2. The molecule has 1 saturated heterocycles. The summed E-state index contributed by atoms with van der Waals surface area (Å²) in [6.07, 6.45) is 0.452. The summed E-state index contributed by atoms with van der Waals surface area (Å²) < 4.78 is 12.8. The summed E-state index contributed by atoms with van der Waals surface area (Å²) in [5, 5.41) is 0. The van der Waals surface area contributed by atoms with Gasteiger partial charge in [0.1, 0.15) is 5.82 Å². The van der Waals surface area contributed by atoms with Crippen molar-refractivity contribution >= 4 is 23.6 Å². The molecule has 1 aromatic rings. The van der Waals surface area contributed by atoms with Gasteiger partial charge in [0.15, 0.2) is 0 Å². The van der Waals surface area contributed by atoms with Gasteiger partial charge >= 0.3 is 0 Å². The Labute approximate surface area is 140 Å². The van der Waals surface area contributed by atoms with Crippen LogP contribution in [-0.2, 0) is 9.59 Å². The van der Waals surface area contributed by atoms with Gasteiger partial charge in [0.05, 0.1) is 6.04 Å². The van der Waals surface area contributed by atoms with Gasteiger partial charge in [-0.15, -0.1) is 11.8 Å². The number of piperazine rings is 1. The number of rotatable bonds is 6. The Bertz CT molecular complexity index is 545. The molecular formula is C16H22FN3O2S. The summed E-state index contributed by atoms with van der Waals surface area (Å²) in [6, 6.07) is 5.98. The number of amides is 2. The zero-order valence-electron chi connectivity index (χ0n) is 13.2. The fraction of sp³-hybridized carbons (Fsp3) is 0.500. The first kappa shape index (κ1) is 17.7. The van der Waals surface area contributed by atoms with Crippen molar-refractivity contribution in [3.8, 4) is 0 Å². The van der Waals surface area contributed by atoms with E-state index in [-0.39, 0.29) is 23.7 Å². The topological polar surface area (TPSA) is 66.6 Å². The SMILES string of the molecule is CC(C(N)=O)N1CCN(C(=O)CCSc2ccc(F)cc2)CC1. The van der Waals surface area contributed by atoms with Crippen LogP contribution in [0.3, 0.4) is 0 Å². The van der Waals surface area contributed by atoms with E-state index in [9.17, 15) is 14.0 Å². The highest BCUT2D eigenvalue weighted by Gasteiger charge is 2.25. The Morgan fingerprint density at radius 2 is 1.83 bits per heavy atom. The molecule has 1 aromatic carbocycles. The van der Waals surface area contributed by atoms with Gasteiger partial charge in [0.2, 0.25) is 11.8 Å². The van der Waals surface area contributed by atoms with Crippen molar-refractivity contribution in [1.82, 2.24) is 9.80 Å². The molecule has 7 heteroatoms. The molecule has 1 aliphatic heterocycles. The van der Waals surface area contributed by atoms with E-state index in [2.05, 4.69) is 0 Å². The van der Waals surface area contributed by atoms with Gasteiger partial charge in [0, 0.05) is 43.2 Å². The van der Waals surface area contributed by atoms with Gasteiger partial charge in [-0.05, 0) is 31.2 Å². The number of halogens is 1. The summed E-state index contributed by atoms with van der Waals surface area (Å²) >= 11 is 1.55.